The lowest BCUT2D eigenvalue weighted by molar-refractivity contribution is 0.162. The van der Waals surface area contributed by atoms with Gasteiger partial charge in [-0.1, -0.05) is 0 Å². The summed E-state index contributed by atoms with van der Waals surface area (Å²) in [5, 5.41) is 13.2. The van der Waals surface area contributed by atoms with Crippen molar-refractivity contribution >= 4 is 0 Å². The molecule has 1 unspecified atom stereocenters. The predicted molar refractivity (Wildman–Crippen MR) is 55.8 cm³/mol. The first-order valence-corrected chi connectivity index (χ1v) is 4.93. The average Bonchev–Trinajstić information content (AvgIpc) is 2.49. The van der Waals surface area contributed by atoms with E-state index in [0.29, 0.717) is 0 Å². The molecule has 0 aliphatic carbocycles. The fourth-order valence-electron chi connectivity index (χ4n) is 1.32. The van der Waals surface area contributed by atoms with E-state index >= 15 is 0 Å². The summed E-state index contributed by atoms with van der Waals surface area (Å²) in [5.41, 5.74) is 1.19. The van der Waals surface area contributed by atoms with Gasteiger partial charge in [0.2, 0.25) is 0 Å². The molecular weight excluding hydrogens is 178 g/mol. The monoisotopic (exact) mass is 197 g/mol. The van der Waals surface area contributed by atoms with E-state index in [4.69, 9.17) is 5.11 Å². The topological polar surface area (TPSA) is 41.3 Å². The molecule has 1 heterocycles. The van der Waals surface area contributed by atoms with Gasteiger partial charge in [0.25, 0.3) is 0 Å². The molecule has 80 valence electrons. The molecule has 1 aromatic heterocycles. The van der Waals surface area contributed by atoms with Crippen LogP contribution in [0.25, 0.3) is 0 Å². The third-order valence-electron chi connectivity index (χ3n) is 2.28. The summed E-state index contributed by atoms with van der Waals surface area (Å²) in [5.74, 6) is 0. The quantitative estimate of drug-likeness (QED) is 0.752. The Balaban J connectivity index is 2.34. The first-order chi connectivity index (χ1) is 6.59. The second kappa shape index (κ2) is 5.12. The number of aryl methyl sites for hydroxylation is 1. The van der Waals surface area contributed by atoms with Gasteiger partial charge in [0.05, 0.1) is 11.8 Å². The Morgan fingerprint density at radius 1 is 1.64 bits per heavy atom. The van der Waals surface area contributed by atoms with E-state index in [1.54, 1.807) is 6.20 Å². The second-order valence-electron chi connectivity index (χ2n) is 3.82. The zero-order valence-electron chi connectivity index (χ0n) is 9.14. The summed E-state index contributed by atoms with van der Waals surface area (Å²) in [7, 11) is 3.99. The molecule has 0 saturated carbocycles. The number of hydrogen-bond donors (Lipinski definition) is 1. The van der Waals surface area contributed by atoms with Crippen LogP contribution in [0.4, 0.5) is 0 Å². The van der Waals surface area contributed by atoms with Crippen molar-refractivity contribution in [2.24, 2.45) is 7.05 Å². The lowest BCUT2D eigenvalue weighted by atomic mass is 10.2. The highest BCUT2D eigenvalue weighted by atomic mass is 16.3. The number of aromatic nitrogens is 2. The van der Waals surface area contributed by atoms with Crippen LogP contribution in [-0.4, -0.2) is 39.5 Å². The average molecular weight is 197 g/mol. The minimum Gasteiger partial charge on any atom is -0.393 e. The molecule has 4 nitrogen and oxygen atoms in total. The molecule has 1 rings (SSSR count). The van der Waals surface area contributed by atoms with E-state index in [1.807, 2.05) is 24.7 Å². The standard InChI is InChI=1S/C10H19N3O/c1-9(14)5-7-12(2)8-10-4-6-11-13(10)3/h4,6,9,14H,5,7-8H2,1-3H3. The van der Waals surface area contributed by atoms with Gasteiger partial charge in [0, 0.05) is 26.3 Å². The van der Waals surface area contributed by atoms with Crippen molar-refractivity contribution in [2.75, 3.05) is 13.6 Å². The normalized spacial score (nSPS) is 13.5. The summed E-state index contributed by atoms with van der Waals surface area (Å²) in [4.78, 5) is 2.18. The number of rotatable bonds is 5. The molecular formula is C10H19N3O. The van der Waals surface area contributed by atoms with Crippen LogP contribution in [0.2, 0.25) is 0 Å². The predicted octanol–water partition coefficient (Wildman–Crippen LogP) is 0.623. The van der Waals surface area contributed by atoms with E-state index in [1.165, 1.54) is 5.69 Å². The van der Waals surface area contributed by atoms with E-state index < -0.39 is 0 Å². The molecule has 0 bridgehead atoms. The highest BCUT2D eigenvalue weighted by Crippen LogP contribution is 2.02. The summed E-state index contributed by atoms with van der Waals surface area (Å²) in [6, 6.07) is 2.01. The highest BCUT2D eigenvalue weighted by molar-refractivity contribution is 4.99. The Morgan fingerprint density at radius 3 is 2.86 bits per heavy atom. The second-order valence-corrected chi connectivity index (χ2v) is 3.82. The molecule has 0 saturated heterocycles. The molecule has 0 aliphatic rings. The van der Waals surface area contributed by atoms with Crippen LogP contribution >= 0.6 is 0 Å². The highest BCUT2D eigenvalue weighted by Gasteiger charge is 2.04. The van der Waals surface area contributed by atoms with Crippen molar-refractivity contribution in [3.63, 3.8) is 0 Å². The van der Waals surface area contributed by atoms with Crippen LogP contribution in [0.1, 0.15) is 19.0 Å². The van der Waals surface area contributed by atoms with Gasteiger partial charge >= 0.3 is 0 Å². The lowest BCUT2D eigenvalue weighted by Gasteiger charge is -2.17. The minimum absolute atomic E-state index is 0.219. The first-order valence-electron chi connectivity index (χ1n) is 4.93. The van der Waals surface area contributed by atoms with E-state index in [9.17, 15) is 0 Å². The Hall–Kier alpha value is -0.870. The van der Waals surface area contributed by atoms with Crippen LogP contribution in [0.5, 0.6) is 0 Å². The van der Waals surface area contributed by atoms with Gasteiger partial charge in [0.15, 0.2) is 0 Å². The molecule has 4 heteroatoms. The lowest BCUT2D eigenvalue weighted by Crippen LogP contribution is -2.23. The molecule has 0 fully saturated rings. The van der Waals surface area contributed by atoms with Crippen LogP contribution < -0.4 is 0 Å². The maximum Gasteiger partial charge on any atom is 0.0524 e. The van der Waals surface area contributed by atoms with Crippen molar-refractivity contribution in [1.82, 2.24) is 14.7 Å². The molecule has 0 spiro atoms. The van der Waals surface area contributed by atoms with Crippen LogP contribution in [0, 0.1) is 0 Å². The van der Waals surface area contributed by atoms with Crippen LogP contribution in [-0.2, 0) is 13.6 Å². The molecule has 1 atom stereocenters. The summed E-state index contributed by atoms with van der Waals surface area (Å²) < 4.78 is 1.87. The third-order valence-corrected chi connectivity index (χ3v) is 2.28. The third kappa shape index (κ3) is 3.47. The van der Waals surface area contributed by atoms with Gasteiger partial charge in [-0.25, -0.2) is 0 Å². The van der Waals surface area contributed by atoms with E-state index in [2.05, 4.69) is 17.0 Å². The van der Waals surface area contributed by atoms with Gasteiger partial charge < -0.3 is 10.0 Å². The molecule has 1 aromatic rings. The maximum absolute atomic E-state index is 9.14. The summed E-state index contributed by atoms with van der Waals surface area (Å²) in [6.45, 7) is 3.60. The fourth-order valence-corrected chi connectivity index (χ4v) is 1.32. The zero-order chi connectivity index (χ0) is 10.6. The van der Waals surface area contributed by atoms with Gasteiger partial charge in [-0.15, -0.1) is 0 Å². The van der Waals surface area contributed by atoms with Crippen LogP contribution in [0.15, 0.2) is 12.3 Å². The smallest absolute Gasteiger partial charge is 0.0524 e. The number of aliphatic hydroxyl groups is 1. The summed E-state index contributed by atoms with van der Waals surface area (Å²) in [6.07, 6.45) is 2.40. The Labute approximate surface area is 85.1 Å². The maximum atomic E-state index is 9.14. The molecule has 0 aliphatic heterocycles. The largest absolute Gasteiger partial charge is 0.393 e. The zero-order valence-corrected chi connectivity index (χ0v) is 9.14. The van der Waals surface area contributed by atoms with Crippen molar-refractivity contribution in [2.45, 2.75) is 26.0 Å². The Bertz CT molecular complexity index is 270. The van der Waals surface area contributed by atoms with Gasteiger partial charge in [-0.2, -0.15) is 5.10 Å². The van der Waals surface area contributed by atoms with Crippen molar-refractivity contribution in [3.8, 4) is 0 Å². The van der Waals surface area contributed by atoms with E-state index in [-0.39, 0.29) is 6.10 Å². The van der Waals surface area contributed by atoms with Gasteiger partial charge in [0.1, 0.15) is 0 Å². The number of nitrogens with zero attached hydrogens (tertiary/aromatic N) is 3. The molecule has 0 radical (unpaired) electrons. The van der Waals surface area contributed by atoms with Gasteiger partial charge in [-0.05, 0) is 26.5 Å². The summed E-state index contributed by atoms with van der Waals surface area (Å²) >= 11 is 0. The van der Waals surface area contributed by atoms with Crippen molar-refractivity contribution in [1.29, 1.82) is 0 Å². The fraction of sp³-hybridized carbons (Fsp3) is 0.700. The minimum atomic E-state index is -0.219. The van der Waals surface area contributed by atoms with Crippen molar-refractivity contribution < 1.29 is 5.11 Å². The van der Waals surface area contributed by atoms with Gasteiger partial charge in [-0.3, -0.25) is 4.68 Å². The molecule has 1 N–H and O–H groups in total. The molecule has 0 amide bonds. The molecule has 14 heavy (non-hydrogen) atoms. The number of hydrogen-bond acceptors (Lipinski definition) is 3. The SMILES string of the molecule is CC(O)CCN(C)Cc1ccnn1C. The Morgan fingerprint density at radius 2 is 2.36 bits per heavy atom. The number of aliphatic hydroxyl groups excluding tert-OH is 1. The Kier molecular flexibility index (Phi) is 4.10. The molecule has 0 aromatic carbocycles. The van der Waals surface area contributed by atoms with Crippen molar-refractivity contribution in [3.05, 3.63) is 18.0 Å². The van der Waals surface area contributed by atoms with E-state index in [0.717, 1.165) is 19.5 Å². The van der Waals surface area contributed by atoms with Crippen LogP contribution in [0.3, 0.4) is 0 Å². The first kappa shape index (κ1) is 11.2.